The highest BCUT2D eigenvalue weighted by Crippen LogP contribution is 2.33. The van der Waals surface area contributed by atoms with E-state index >= 15 is 0 Å². The molecule has 1 aliphatic rings. The Balaban J connectivity index is 0.00000261. The van der Waals surface area contributed by atoms with E-state index in [1.54, 1.807) is 32.4 Å². The van der Waals surface area contributed by atoms with Crippen molar-refractivity contribution < 1.29 is 14.3 Å². The van der Waals surface area contributed by atoms with Gasteiger partial charge in [-0.1, -0.05) is 6.07 Å². The number of halogens is 1. The molecule has 0 fully saturated rings. The minimum atomic E-state index is -0.331. The van der Waals surface area contributed by atoms with Crippen molar-refractivity contribution in [3.63, 3.8) is 0 Å². The maximum absolute atomic E-state index is 12.9. The summed E-state index contributed by atoms with van der Waals surface area (Å²) in [4.78, 5) is 15.0. The Hall–Kier alpha value is -2.60. The third-order valence-corrected chi connectivity index (χ3v) is 4.84. The molecule has 1 amide bonds. The molecule has 0 saturated heterocycles. The molecule has 6 nitrogen and oxygen atoms in total. The van der Waals surface area contributed by atoms with Gasteiger partial charge in [-0.25, -0.2) is 0 Å². The van der Waals surface area contributed by atoms with Gasteiger partial charge >= 0.3 is 0 Å². The Labute approximate surface area is 166 Å². The molecule has 0 aromatic heterocycles. The van der Waals surface area contributed by atoms with Crippen LogP contribution in [-0.2, 0) is 11.2 Å². The van der Waals surface area contributed by atoms with Crippen molar-refractivity contribution >= 4 is 35.4 Å². The van der Waals surface area contributed by atoms with Crippen LogP contribution in [0, 0.1) is 0 Å². The van der Waals surface area contributed by atoms with Crippen LogP contribution in [0.2, 0.25) is 0 Å². The van der Waals surface area contributed by atoms with E-state index in [4.69, 9.17) is 15.2 Å². The summed E-state index contributed by atoms with van der Waals surface area (Å²) >= 11 is 0. The summed E-state index contributed by atoms with van der Waals surface area (Å²) in [5, 5.41) is 2.96. The lowest BCUT2D eigenvalue weighted by Crippen LogP contribution is -2.44. The van der Waals surface area contributed by atoms with Crippen LogP contribution in [0.25, 0.3) is 0 Å². The molecule has 146 valence electrons. The molecule has 0 saturated carbocycles. The summed E-state index contributed by atoms with van der Waals surface area (Å²) in [6.07, 6.45) is 1.92. The number of nitrogens with one attached hydrogen (secondary N) is 1. The molecule has 2 aromatic rings. The van der Waals surface area contributed by atoms with Crippen LogP contribution in [0.3, 0.4) is 0 Å². The highest BCUT2D eigenvalue weighted by molar-refractivity contribution is 5.98. The second kappa shape index (κ2) is 8.86. The number of amides is 1. The molecule has 1 atom stereocenters. The fourth-order valence-corrected chi connectivity index (χ4v) is 3.36. The lowest BCUT2D eigenvalue weighted by Gasteiger charge is -2.36. The lowest BCUT2D eigenvalue weighted by molar-refractivity contribution is -0.117. The standard InChI is InChI=1S/C20H25N3O3.ClH/c1-13(23-11-5-6-15-16(21)7-4-8-18(15)23)20(24)22-17-10-9-14(25-2)12-19(17)26-3;/h4,7-10,12-13H,5-6,11,21H2,1-3H3,(H,22,24);1H. The molecule has 3 rings (SSSR count). The molecule has 1 aliphatic heterocycles. The number of rotatable bonds is 5. The number of nitrogens with zero attached hydrogens (tertiary/aromatic N) is 1. The quantitative estimate of drug-likeness (QED) is 0.763. The van der Waals surface area contributed by atoms with Crippen LogP contribution in [0.1, 0.15) is 18.9 Å². The smallest absolute Gasteiger partial charge is 0.246 e. The van der Waals surface area contributed by atoms with Crippen molar-refractivity contribution in [2.45, 2.75) is 25.8 Å². The van der Waals surface area contributed by atoms with Gasteiger partial charge in [0.25, 0.3) is 0 Å². The van der Waals surface area contributed by atoms with Crippen LogP contribution in [0.5, 0.6) is 11.5 Å². The number of nitrogens with two attached hydrogens (primary N) is 1. The molecular weight excluding hydrogens is 366 g/mol. The number of fused-ring (bicyclic) bond motifs is 1. The molecule has 27 heavy (non-hydrogen) atoms. The monoisotopic (exact) mass is 391 g/mol. The van der Waals surface area contributed by atoms with Crippen molar-refractivity contribution in [1.29, 1.82) is 0 Å². The Morgan fingerprint density at radius 1 is 1.22 bits per heavy atom. The highest BCUT2D eigenvalue weighted by Gasteiger charge is 2.27. The van der Waals surface area contributed by atoms with E-state index in [2.05, 4.69) is 10.2 Å². The second-order valence-electron chi connectivity index (χ2n) is 6.37. The summed E-state index contributed by atoms with van der Waals surface area (Å²) < 4.78 is 10.6. The third-order valence-electron chi connectivity index (χ3n) is 4.84. The first kappa shape index (κ1) is 20.7. The molecule has 0 bridgehead atoms. The average molecular weight is 392 g/mol. The van der Waals surface area contributed by atoms with Gasteiger partial charge in [0.2, 0.25) is 5.91 Å². The van der Waals surface area contributed by atoms with Crippen LogP contribution in [0.4, 0.5) is 17.1 Å². The molecule has 2 aromatic carbocycles. The van der Waals surface area contributed by atoms with Crippen LogP contribution in [0.15, 0.2) is 36.4 Å². The van der Waals surface area contributed by atoms with E-state index < -0.39 is 0 Å². The zero-order chi connectivity index (χ0) is 18.7. The molecule has 0 spiro atoms. The van der Waals surface area contributed by atoms with E-state index in [0.29, 0.717) is 17.2 Å². The van der Waals surface area contributed by atoms with Crippen molar-refractivity contribution in [3.8, 4) is 11.5 Å². The zero-order valence-electron chi connectivity index (χ0n) is 15.8. The predicted molar refractivity (Wildman–Crippen MR) is 111 cm³/mol. The van der Waals surface area contributed by atoms with Crippen molar-refractivity contribution in [1.82, 2.24) is 0 Å². The fourth-order valence-electron chi connectivity index (χ4n) is 3.36. The van der Waals surface area contributed by atoms with E-state index in [-0.39, 0.29) is 24.4 Å². The van der Waals surface area contributed by atoms with Crippen molar-refractivity contribution in [2.75, 3.05) is 36.7 Å². The van der Waals surface area contributed by atoms with E-state index in [1.165, 1.54) is 0 Å². The first-order valence-electron chi connectivity index (χ1n) is 8.72. The van der Waals surface area contributed by atoms with Gasteiger partial charge in [0, 0.05) is 24.0 Å². The van der Waals surface area contributed by atoms with Crippen LogP contribution >= 0.6 is 12.4 Å². The fraction of sp³-hybridized carbons (Fsp3) is 0.350. The third kappa shape index (κ3) is 4.22. The second-order valence-corrected chi connectivity index (χ2v) is 6.37. The van der Waals surface area contributed by atoms with Gasteiger partial charge in [-0.05, 0) is 49.6 Å². The Kier molecular flexibility index (Phi) is 6.80. The van der Waals surface area contributed by atoms with Gasteiger partial charge < -0.3 is 25.4 Å². The molecule has 1 heterocycles. The minimum absolute atomic E-state index is 0. The number of anilines is 3. The zero-order valence-corrected chi connectivity index (χ0v) is 16.6. The maximum Gasteiger partial charge on any atom is 0.246 e. The Morgan fingerprint density at radius 2 is 2.00 bits per heavy atom. The summed E-state index contributed by atoms with van der Waals surface area (Å²) in [7, 11) is 3.16. The molecule has 1 unspecified atom stereocenters. The number of carbonyl (C=O) groups excluding carboxylic acids is 1. The summed E-state index contributed by atoms with van der Waals surface area (Å²) in [5.41, 5.74) is 9.69. The van der Waals surface area contributed by atoms with E-state index in [1.807, 2.05) is 25.1 Å². The maximum atomic E-state index is 12.9. The normalized spacial score (nSPS) is 13.8. The number of hydrogen-bond acceptors (Lipinski definition) is 5. The lowest BCUT2D eigenvalue weighted by atomic mass is 9.98. The first-order chi connectivity index (χ1) is 12.5. The van der Waals surface area contributed by atoms with Crippen molar-refractivity contribution in [2.24, 2.45) is 0 Å². The summed E-state index contributed by atoms with van der Waals surface area (Å²) in [5.74, 6) is 1.14. The topological polar surface area (TPSA) is 76.8 Å². The first-order valence-corrected chi connectivity index (χ1v) is 8.72. The minimum Gasteiger partial charge on any atom is -0.497 e. The van der Waals surface area contributed by atoms with E-state index in [0.717, 1.165) is 36.3 Å². The molecule has 3 N–H and O–H groups in total. The number of nitrogen functional groups attached to an aromatic ring is 1. The highest BCUT2D eigenvalue weighted by atomic mass is 35.5. The van der Waals surface area contributed by atoms with Gasteiger partial charge in [-0.15, -0.1) is 12.4 Å². The Bertz CT molecular complexity index is 813. The molecule has 0 aliphatic carbocycles. The number of carbonyl (C=O) groups is 1. The molecule has 7 heteroatoms. The van der Waals surface area contributed by atoms with E-state index in [9.17, 15) is 4.79 Å². The van der Waals surface area contributed by atoms with Gasteiger partial charge in [-0.2, -0.15) is 0 Å². The Morgan fingerprint density at radius 3 is 2.70 bits per heavy atom. The van der Waals surface area contributed by atoms with Crippen molar-refractivity contribution in [3.05, 3.63) is 42.0 Å². The van der Waals surface area contributed by atoms with Crippen LogP contribution < -0.4 is 25.4 Å². The number of ether oxygens (including phenoxy) is 2. The summed E-state index contributed by atoms with van der Waals surface area (Å²) in [6, 6.07) is 10.9. The molecular formula is C20H26ClN3O3. The van der Waals surface area contributed by atoms with Crippen LogP contribution in [-0.4, -0.2) is 32.7 Å². The van der Waals surface area contributed by atoms with Gasteiger partial charge in [-0.3, -0.25) is 4.79 Å². The largest absolute Gasteiger partial charge is 0.497 e. The van der Waals surface area contributed by atoms with Gasteiger partial charge in [0.1, 0.15) is 17.5 Å². The number of methoxy groups -OCH3 is 2. The molecule has 0 radical (unpaired) electrons. The number of benzene rings is 2. The summed E-state index contributed by atoms with van der Waals surface area (Å²) in [6.45, 7) is 2.73. The van der Waals surface area contributed by atoms with Gasteiger partial charge in [0.15, 0.2) is 0 Å². The average Bonchev–Trinajstić information content (AvgIpc) is 2.67. The number of hydrogen-bond donors (Lipinski definition) is 2. The SMILES string of the molecule is COc1ccc(NC(=O)C(C)N2CCCc3c(N)cccc32)c(OC)c1.Cl. The predicted octanol–water partition coefficient (Wildman–Crippen LogP) is 3.49. The van der Waals surface area contributed by atoms with Gasteiger partial charge in [0.05, 0.1) is 19.9 Å².